The second kappa shape index (κ2) is 5.73. The van der Waals surface area contributed by atoms with Gasteiger partial charge in [0.1, 0.15) is 5.25 Å². The van der Waals surface area contributed by atoms with Crippen molar-refractivity contribution in [1.29, 1.82) is 0 Å². The van der Waals surface area contributed by atoms with Crippen molar-refractivity contribution in [2.45, 2.75) is 38.5 Å². The van der Waals surface area contributed by atoms with Crippen LogP contribution in [0.15, 0.2) is 6.07 Å². The molecule has 1 fully saturated rings. The number of hydrogen-bond acceptors (Lipinski definition) is 4. The molecule has 8 heteroatoms. The second-order valence-electron chi connectivity index (χ2n) is 5.15. The number of aromatic nitrogens is 2. The van der Waals surface area contributed by atoms with Crippen molar-refractivity contribution in [1.82, 2.24) is 14.7 Å². The highest BCUT2D eigenvalue weighted by Gasteiger charge is 2.36. The SMILES string of the molecule is Cc1cc(C)n(CCCN2CC(S(=O)(=O)Cl)CC2=O)n1. The van der Waals surface area contributed by atoms with E-state index in [1.54, 1.807) is 4.90 Å². The van der Waals surface area contributed by atoms with Crippen molar-refractivity contribution in [3.63, 3.8) is 0 Å². The molecule has 6 nitrogen and oxygen atoms in total. The Labute approximate surface area is 123 Å². The summed E-state index contributed by atoms with van der Waals surface area (Å²) in [5, 5.41) is 3.57. The van der Waals surface area contributed by atoms with Crippen molar-refractivity contribution in [2.24, 2.45) is 0 Å². The summed E-state index contributed by atoms with van der Waals surface area (Å²) in [6.45, 7) is 5.35. The molecule has 0 bridgehead atoms. The van der Waals surface area contributed by atoms with Crippen LogP contribution in [0.4, 0.5) is 0 Å². The molecule has 1 amide bonds. The Bertz CT molecular complexity index is 611. The monoisotopic (exact) mass is 319 g/mol. The normalized spacial score (nSPS) is 19.9. The van der Waals surface area contributed by atoms with Gasteiger partial charge in [0, 0.05) is 42.4 Å². The quantitative estimate of drug-likeness (QED) is 0.761. The molecule has 112 valence electrons. The molecule has 1 aliphatic rings. The lowest BCUT2D eigenvalue weighted by Crippen LogP contribution is -2.28. The zero-order chi connectivity index (χ0) is 14.9. The molecule has 2 rings (SSSR count). The number of carbonyl (C=O) groups excluding carboxylic acids is 1. The lowest BCUT2D eigenvalue weighted by Gasteiger charge is -2.16. The topological polar surface area (TPSA) is 72.3 Å². The van der Waals surface area contributed by atoms with E-state index in [0.717, 1.165) is 17.8 Å². The summed E-state index contributed by atoms with van der Waals surface area (Å²) in [4.78, 5) is 13.3. The molecule has 0 spiro atoms. The van der Waals surface area contributed by atoms with Crippen LogP contribution in [0, 0.1) is 13.8 Å². The molecule has 1 aliphatic heterocycles. The van der Waals surface area contributed by atoms with Crippen LogP contribution in [-0.4, -0.2) is 47.3 Å². The van der Waals surface area contributed by atoms with Gasteiger partial charge in [-0.1, -0.05) is 0 Å². The zero-order valence-corrected chi connectivity index (χ0v) is 13.1. The maximum absolute atomic E-state index is 11.7. The predicted molar refractivity (Wildman–Crippen MR) is 76.1 cm³/mol. The van der Waals surface area contributed by atoms with Crippen molar-refractivity contribution in [2.75, 3.05) is 13.1 Å². The standard InChI is InChI=1S/C12H18ClN3O3S/c1-9-6-10(2)16(14-9)5-3-4-15-8-11(7-12(15)17)20(13,18)19/h6,11H,3-5,7-8H2,1-2H3. The maximum Gasteiger partial charge on any atom is 0.237 e. The second-order valence-corrected chi connectivity index (χ2v) is 8.05. The highest BCUT2D eigenvalue weighted by molar-refractivity contribution is 8.14. The van der Waals surface area contributed by atoms with Crippen LogP contribution >= 0.6 is 10.7 Å². The molecule has 1 saturated heterocycles. The van der Waals surface area contributed by atoms with Crippen LogP contribution in [0.25, 0.3) is 0 Å². The van der Waals surface area contributed by atoms with Gasteiger partial charge in [-0.2, -0.15) is 5.10 Å². The number of likely N-dealkylation sites (tertiary alicyclic amines) is 1. The number of amides is 1. The molecule has 0 aromatic carbocycles. The zero-order valence-electron chi connectivity index (χ0n) is 11.5. The molecule has 2 heterocycles. The van der Waals surface area contributed by atoms with E-state index in [2.05, 4.69) is 5.10 Å². The molecular weight excluding hydrogens is 302 g/mol. The van der Waals surface area contributed by atoms with Gasteiger partial charge >= 0.3 is 0 Å². The molecule has 1 unspecified atom stereocenters. The summed E-state index contributed by atoms with van der Waals surface area (Å²) in [6.07, 6.45) is 0.731. The van der Waals surface area contributed by atoms with Gasteiger partial charge in [-0.25, -0.2) is 8.42 Å². The van der Waals surface area contributed by atoms with Crippen LogP contribution in [-0.2, 0) is 20.4 Å². The average molecular weight is 320 g/mol. The summed E-state index contributed by atoms with van der Waals surface area (Å²) in [5.74, 6) is -0.146. The number of nitrogens with zero attached hydrogens (tertiary/aromatic N) is 3. The summed E-state index contributed by atoms with van der Waals surface area (Å²) < 4.78 is 24.4. The van der Waals surface area contributed by atoms with Crippen LogP contribution in [0.3, 0.4) is 0 Å². The molecule has 0 N–H and O–H groups in total. The first-order valence-electron chi connectivity index (χ1n) is 6.49. The first kappa shape index (κ1) is 15.3. The van der Waals surface area contributed by atoms with Gasteiger partial charge in [0.05, 0.1) is 5.69 Å². The van der Waals surface area contributed by atoms with Crippen LogP contribution in [0.2, 0.25) is 0 Å². The smallest absolute Gasteiger partial charge is 0.237 e. The highest BCUT2D eigenvalue weighted by Crippen LogP contribution is 2.21. The number of carbonyl (C=O) groups is 1. The fourth-order valence-corrected chi connectivity index (χ4v) is 3.51. The lowest BCUT2D eigenvalue weighted by atomic mass is 10.3. The lowest BCUT2D eigenvalue weighted by molar-refractivity contribution is -0.127. The molecule has 0 saturated carbocycles. The maximum atomic E-state index is 11.7. The van der Waals surface area contributed by atoms with Crippen LogP contribution < -0.4 is 0 Å². The van der Waals surface area contributed by atoms with E-state index in [9.17, 15) is 13.2 Å². The fourth-order valence-electron chi connectivity index (χ4n) is 2.45. The van der Waals surface area contributed by atoms with Gasteiger partial charge in [0.15, 0.2) is 0 Å². The third-order valence-corrected chi connectivity index (χ3v) is 5.35. The van der Waals surface area contributed by atoms with Crippen molar-refractivity contribution < 1.29 is 13.2 Å². The van der Waals surface area contributed by atoms with Crippen molar-refractivity contribution in [3.8, 4) is 0 Å². The third kappa shape index (κ3) is 3.52. The van der Waals surface area contributed by atoms with Gasteiger partial charge in [-0.15, -0.1) is 0 Å². The summed E-state index contributed by atoms with van der Waals surface area (Å²) in [6, 6.07) is 2.00. The Morgan fingerprint density at radius 1 is 1.40 bits per heavy atom. The van der Waals surface area contributed by atoms with E-state index >= 15 is 0 Å². The van der Waals surface area contributed by atoms with Crippen LogP contribution in [0.5, 0.6) is 0 Å². The Morgan fingerprint density at radius 3 is 2.60 bits per heavy atom. The van der Waals surface area contributed by atoms with E-state index in [1.165, 1.54) is 0 Å². The number of halogens is 1. The van der Waals surface area contributed by atoms with Gasteiger partial charge in [0.2, 0.25) is 15.0 Å². The molecule has 0 aliphatic carbocycles. The molecule has 1 aromatic rings. The van der Waals surface area contributed by atoms with E-state index < -0.39 is 14.3 Å². The van der Waals surface area contributed by atoms with Crippen LogP contribution in [0.1, 0.15) is 24.2 Å². The average Bonchev–Trinajstić information content (AvgIpc) is 2.83. The summed E-state index contributed by atoms with van der Waals surface area (Å²) in [7, 11) is 1.65. The van der Waals surface area contributed by atoms with Gasteiger partial charge in [-0.05, 0) is 26.3 Å². The molecule has 0 radical (unpaired) electrons. The summed E-state index contributed by atoms with van der Waals surface area (Å²) >= 11 is 0. The third-order valence-electron chi connectivity index (χ3n) is 3.48. The number of hydrogen-bond donors (Lipinski definition) is 0. The van der Waals surface area contributed by atoms with E-state index in [4.69, 9.17) is 10.7 Å². The first-order valence-corrected chi connectivity index (χ1v) is 8.87. The van der Waals surface area contributed by atoms with Gasteiger partial charge in [-0.3, -0.25) is 9.48 Å². The minimum atomic E-state index is -3.66. The Kier molecular flexibility index (Phi) is 4.39. The Balaban J connectivity index is 1.86. The van der Waals surface area contributed by atoms with E-state index in [1.807, 2.05) is 24.6 Å². The minimum Gasteiger partial charge on any atom is -0.341 e. The molecular formula is C12H18ClN3O3S. The predicted octanol–water partition coefficient (Wildman–Crippen LogP) is 1.06. The van der Waals surface area contributed by atoms with E-state index in [0.29, 0.717) is 13.1 Å². The highest BCUT2D eigenvalue weighted by atomic mass is 35.7. The summed E-state index contributed by atoms with van der Waals surface area (Å²) in [5.41, 5.74) is 2.05. The number of aryl methyl sites for hydroxylation is 3. The van der Waals surface area contributed by atoms with Crippen molar-refractivity contribution in [3.05, 3.63) is 17.5 Å². The van der Waals surface area contributed by atoms with E-state index in [-0.39, 0.29) is 18.9 Å². The largest absolute Gasteiger partial charge is 0.341 e. The van der Waals surface area contributed by atoms with Crippen molar-refractivity contribution >= 4 is 25.6 Å². The van der Waals surface area contributed by atoms with Gasteiger partial charge in [0.25, 0.3) is 0 Å². The number of rotatable bonds is 5. The first-order chi connectivity index (χ1) is 9.27. The molecule has 1 aromatic heterocycles. The minimum absolute atomic E-state index is 0.00820. The Morgan fingerprint density at radius 2 is 2.10 bits per heavy atom. The fraction of sp³-hybridized carbons (Fsp3) is 0.667. The Hall–Kier alpha value is -1.08. The molecule has 20 heavy (non-hydrogen) atoms. The molecule has 1 atom stereocenters. The van der Waals surface area contributed by atoms with Gasteiger partial charge < -0.3 is 4.90 Å².